The van der Waals surface area contributed by atoms with Crippen molar-refractivity contribution in [2.75, 3.05) is 6.54 Å². The fourth-order valence-electron chi connectivity index (χ4n) is 5.35. The Balaban J connectivity index is 1.48. The Kier molecular flexibility index (Phi) is 5.52. The average molecular weight is 364 g/mol. The molecule has 1 atom stereocenters. The molecule has 4 rings (SSSR count). The van der Waals surface area contributed by atoms with Crippen LogP contribution in [0.15, 0.2) is 36.4 Å². The smallest absolute Gasteiger partial charge is 0.226 e. The highest BCUT2D eigenvalue weighted by Gasteiger charge is 2.35. The van der Waals surface area contributed by atoms with E-state index < -0.39 is 0 Å². The van der Waals surface area contributed by atoms with Crippen LogP contribution in [0.4, 0.5) is 0 Å². The third-order valence-electron chi connectivity index (χ3n) is 7.20. The van der Waals surface area contributed by atoms with Crippen LogP contribution in [0.5, 0.6) is 0 Å². The zero-order valence-electron chi connectivity index (χ0n) is 16.9. The number of likely N-dealkylation sites (tertiary alicyclic amines) is 1. The molecule has 27 heavy (non-hydrogen) atoms. The van der Waals surface area contributed by atoms with Crippen molar-refractivity contribution < 1.29 is 4.79 Å². The Hall–Kier alpha value is -1.83. The number of carbonyl (C=O) groups is 1. The number of nitrogens with zero attached hydrogens (tertiary/aromatic N) is 1. The molecule has 0 bridgehead atoms. The van der Waals surface area contributed by atoms with E-state index in [1.807, 2.05) is 0 Å². The molecule has 0 aromatic heterocycles. The minimum Gasteiger partial charge on any atom is -0.339 e. The second-order valence-electron chi connectivity index (χ2n) is 8.73. The van der Waals surface area contributed by atoms with Crippen molar-refractivity contribution in [2.45, 2.75) is 71.3 Å². The van der Waals surface area contributed by atoms with Gasteiger partial charge in [0.1, 0.15) is 0 Å². The molecule has 1 unspecified atom stereocenters. The monoisotopic (exact) mass is 363 g/mol. The van der Waals surface area contributed by atoms with Crippen molar-refractivity contribution in [3.63, 3.8) is 0 Å². The van der Waals surface area contributed by atoms with E-state index >= 15 is 0 Å². The average Bonchev–Trinajstić information content (AvgIpc) is 2.72. The van der Waals surface area contributed by atoms with Gasteiger partial charge in [-0.2, -0.15) is 0 Å². The number of rotatable bonds is 4. The van der Waals surface area contributed by atoms with E-state index in [1.165, 1.54) is 54.0 Å². The van der Waals surface area contributed by atoms with E-state index in [9.17, 15) is 4.79 Å². The van der Waals surface area contributed by atoms with Gasteiger partial charge in [-0.05, 0) is 79.7 Å². The fourth-order valence-corrected chi connectivity index (χ4v) is 5.35. The zero-order valence-corrected chi connectivity index (χ0v) is 16.9. The number of benzene rings is 2. The fraction of sp³-hybridized carbons (Fsp3) is 0.560. The van der Waals surface area contributed by atoms with Gasteiger partial charge in [0.15, 0.2) is 0 Å². The van der Waals surface area contributed by atoms with Crippen molar-refractivity contribution in [1.29, 1.82) is 0 Å². The van der Waals surface area contributed by atoms with Crippen molar-refractivity contribution in [3.8, 4) is 0 Å². The summed E-state index contributed by atoms with van der Waals surface area (Å²) in [5, 5.41) is 2.62. The molecule has 2 aliphatic rings. The Labute approximate surface area is 163 Å². The first-order chi connectivity index (χ1) is 13.2. The number of carbonyl (C=O) groups excluding carboxylic acids is 1. The lowest BCUT2D eigenvalue weighted by atomic mass is 9.81. The van der Waals surface area contributed by atoms with Crippen LogP contribution in [0.2, 0.25) is 0 Å². The molecule has 2 aromatic carbocycles. The van der Waals surface area contributed by atoms with Gasteiger partial charge < -0.3 is 4.90 Å². The summed E-state index contributed by atoms with van der Waals surface area (Å²) in [5.41, 5.74) is 2.70. The molecular formula is C25H33NO. The number of aryl methyl sites for hydroxylation is 1. The van der Waals surface area contributed by atoms with Gasteiger partial charge in [0.05, 0.1) is 0 Å². The quantitative estimate of drug-likeness (QED) is 0.662. The lowest BCUT2D eigenvalue weighted by molar-refractivity contribution is -0.142. The number of hydrogen-bond donors (Lipinski definition) is 0. The number of piperidine rings is 1. The second-order valence-corrected chi connectivity index (χ2v) is 8.73. The summed E-state index contributed by atoms with van der Waals surface area (Å²) in [7, 11) is 0. The molecule has 144 valence electrons. The third-order valence-corrected chi connectivity index (χ3v) is 7.20. The molecule has 1 amide bonds. The van der Waals surface area contributed by atoms with Gasteiger partial charge in [-0.1, -0.05) is 49.7 Å². The summed E-state index contributed by atoms with van der Waals surface area (Å²) in [4.78, 5) is 15.5. The van der Waals surface area contributed by atoms with Gasteiger partial charge >= 0.3 is 0 Å². The van der Waals surface area contributed by atoms with E-state index in [2.05, 4.69) is 55.1 Å². The van der Waals surface area contributed by atoms with E-state index in [1.54, 1.807) is 0 Å². The molecule has 2 heteroatoms. The highest BCUT2D eigenvalue weighted by molar-refractivity contribution is 5.87. The second kappa shape index (κ2) is 8.04. The van der Waals surface area contributed by atoms with Gasteiger partial charge in [-0.3, -0.25) is 4.79 Å². The molecule has 1 heterocycles. The summed E-state index contributed by atoms with van der Waals surface area (Å²) < 4.78 is 0. The van der Waals surface area contributed by atoms with Crippen LogP contribution in [0.3, 0.4) is 0 Å². The maximum absolute atomic E-state index is 13.3. The van der Waals surface area contributed by atoms with Gasteiger partial charge in [-0.15, -0.1) is 0 Å². The summed E-state index contributed by atoms with van der Waals surface area (Å²) >= 11 is 0. The topological polar surface area (TPSA) is 20.3 Å². The predicted molar refractivity (Wildman–Crippen MR) is 113 cm³/mol. The Morgan fingerprint density at radius 1 is 1.00 bits per heavy atom. The number of amides is 1. The van der Waals surface area contributed by atoms with Crippen LogP contribution in [0, 0.1) is 18.8 Å². The number of hydrogen-bond acceptors (Lipinski definition) is 1. The minimum absolute atomic E-state index is 0.169. The Morgan fingerprint density at radius 3 is 2.56 bits per heavy atom. The zero-order chi connectivity index (χ0) is 18.8. The molecule has 0 N–H and O–H groups in total. The standard InChI is InChI=1S/C25H33NO/c1-3-19-10-14-23(15-11-19)26-16-6-8-22(25(26)27)17-21-13-12-20-7-4-5-9-24(20)18(21)2/h4-5,7,9,12-13,19,22-23H,3,6,8,10-11,14-17H2,1-2H3. The van der Waals surface area contributed by atoms with E-state index in [-0.39, 0.29) is 5.92 Å². The van der Waals surface area contributed by atoms with Crippen LogP contribution in [-0.4, -0.2) is 23.4 Å². The van der Waals surface area contributed by atoms with Gasteiger partial charge in [0, 0.05) is 18.5 Å². The molecule has 1 saturated heterocycles. The lowest BCUT2D eigenvalue weighted by Crippen LogP contribution is -2.49. The molecule has 0 spiro atoms. The summed E-state index contributed by atoms with van der Waals surface area (Å²) in [6.45, 7) is 5.50. The van der Waals surface area contributed by atoms with Crippen LogP contribution >= 0.6 is 0 Å². The van der Waals surface area contributed by atoms with Crippen molar-refractivity contribution in [2.24, 2.45) is 11.8 Å². The van der Waals surface area contributed by atoms with Crippen LogP contribution in [0.1, 0.15) is 63.0 Å². The van der Waals surface area contributed by atoms with Crippen LogP contribution < -0.4 is 0 Å². The van der Waals surface area contributed by atoms with Crippen molar-refractivity contribution >= 4 is 16.7 Å². The summed E-state index contributed by atoms with van der Waals surface area (Å²) in [6.07, 6.45) is 9.44. The molecule has 2 aromatic rings. The van der Waals surface area contributed by atoms with E-state index in [0.29, 0.717) is 11.9 Å². The first-order valence-corrected chi connectivity index (χ1v) is 10.9. The molecule has 1 aliphatic heterocycles. The molecule has 2 nitrogen and oxygen atoms in total. The molecule has 2 fully saturated rings. The first kappa shape index (κ1) is 18.5. The van der Waals surface area contributed by atoms with Gasteiger partial charge in [0.25, 0.3) is 0 Å². The SMILES string of the molecule is CCC1CCC(N2CCCC(Cc3ccc4ccccc4c3C)C2=O)CC1. The maximum atomic E-state index is 13.3. The van der Waals surface area contributed by atoms with Crippen molar-refractivity contribution in [1.82, 2.24) is 4.90 Å². The third kappa shape index (κ3) is 3.77. The van der Waals surface area contributed by atoms with Crippen LogP contribution in [-0.2, 0) is 11.2 Å². The summed E-state index contributed by atoms with van der Waals surface area (Å²) in [5.74, 6) is 1.48. The first-order valence-electron chi connectivity index (χ1n) is 10.9. The largest absolute Gasteiger partial charge is 0.339 e. The molecular weight excluding hydrogens is 330 g/mol. The highest BCUT2D eigenvalue weighted by Crippen LogP contribution is 2.33. The molecule has 1 saturated carbocycles. The van der Waals surface area contributed by atoms with E-state index in [4.69, 9.17) is 0 Å². The van der Waals surface area contributed by atoms with Crippen molar-refractivity contribution in [3.05, 3.63) is 47.5 Å². The molecule has 1 aliphatic carbocycles. The maximum Gasteiger partial charge on any atom is 0.226 e. The number of fused-ring (bicyclic) bond motifs is 1. The summed E-state index contributed by atoms with van der Waals surface area (Å²) in [6, 6.07) is 13.5. The predicted octanol–water partition coefficient (Wildman–Crippen LogP) is 5.90. The Morgan fingerprint density at radius 2 is 1.78 bits per heavy atom. The van der Waals surface area contributed by atoms with Crippen LogP contribution in [0.25, 0.3) is 10.8 Å². The highest BCUT2D eigenvalue weighted by atomic mass is 16.2. The van der Waals surface area contributed by atoms with Gasteiger partial charge in [-0.25, -0.2) is 0 Å². The lowest BCUT2D eigenvalue weighted by Gasteiger charge is -2.41. The van der Waals surface area contributed by atoms with Gasteiger partial charge in [0.2, 0.25) is 5.91 Å². The normalized spacial score (nSPS) is 26.5. The Bertz CT molecular complexity index is 803. The minimum atomic E-state index is 0.169. The molecule has 0 radical (unpaired) electrons. The van der Waals surface area contributed by atoms with E-state index in [0.717, 1.165) is 31.7 Å².